The molecule has 0 saturated heterocycles. The average Bonchev–Trinajstić information content (AvgIpc) is 2.91. The van der Waals surface area contributed by atoms with Gasteiger partial charge in [-0.1, -0.05) is 36.7 Å². The molecule has 0 radical (unpaired) electrons. The highest BCUT2D eigenvalue weighted by molar-refractivity contribution is 6.33. The van der Waals surface area contributed by atoms with Gasteiger partial charge in [-0.25, -0.2) is 0 Å². The second-order valence-electron chi connectivity index (χ2n) is 7.53. The molecule has 0 aliphatic carbocycles. The van der Waals surface area contributed by atoms with Crippen LogP contribution in [0.15, 0.2) is 30.5 Å². The van der Waals surface area contributed by atoms with E-state index in [-0.39, 0.29) is 5.54 Å². The van der Waals surface area contributed by atoms with Crippen LogP contribution in [0.2, 0.25) is 5.02 Å². The molecule has 1 aromatic heterocycles. The van der Waals surface area contributed by atoms with Crippen molar-refractivity contribution in [1.82, 2.24) is 14.7 Å². The number of rotatable bonds is 6. The first-order valence-corrected chi connectivity index (χ1v) is 8.72. The summed E-state index contributed by atoms with van der Waals surface area (Å²) in [5.74, 6) is -1.21. The van der Waals surface area contributed by atoms with Gasteiger partial charge in [0, 0.05) is 30.4 Å². The maximum atomic E-state index is 11.1. The highest BCUT2D eigenvalue weighted by atomic mass is 35.5. The third-order valence-electron chi connectivity index (χ3n) is 4.05. The number of hydrogen-bond donors (Lipinski definition) is 1. The lowest BCUT2D eigenvalue weighted by Crippen LogP contribution is -2.28. The van der Waals surface area contributed by atoms with E-state index in [2.05, 4.69) is 20.8 Å². The van der Waals surface area contributed by atoms with Gasteiger partial charge >= 0.3 is 5.97 Å². The van der Waals surface area contributed by atoms with Crippen LogP contribution in [0.1, 0.15) is 33.3 Å². The number of halogens is 1. The fraction of sp³-hybridized carbons (Fsp3) is 0.474. The Morgan fingerprint density at radius 2 is 2.00 bits per heavy atom. The molecule has 0 saturated carbocycles. The van der Waals surface area contributed by atoms with Gasteiger partial charge in [-0.2, -0.15) is 5.10 Å². The van der Waals surface area contributed by atoms with Gasteiger partial charge in [0.1, 0.15) is 0 Å². The van der Waals surface area contributed by atoms with Gasteiger partial charge in [-0.05, 0) is 33.9 Å². The zero-order chi connectivity index (χ0) is 18.8. The number of benzene rings is 1. The minimum atomic E-state index is -0.788. The van der Waals surface area contributed by atoms with Crippen LogP contribution in [-0.4, -0.2) is 39.3 Å². The predicted octanol–water partition coefficient (Wildman–Crippen LogP) is 4.11. The topological polar surface area (TPSA) is 58.4 Å². The van der Waals surface area contributed by atoms with Crippen molar-refractivity contribution >= 4 is 17.6 Å². The fourth-order valence-corrected chi connectivity index (χ4v) is 2.88. The average molecular weight is 364 g/mol. The Balaban J connectivity index is 2.37. The number of hydrogen-bond acceptors (Lipinski definition) is 3. The van der Waals surface area contributed by atoms with Gasteiger partial charge < -0.3 is 10.0 Å². The molecule has 6 heteroatoms. The molecule has 136 valence electrons. The number of aromatic nitrogens is 2. The minimum Gasteiger partial charge on any atom is -0.481 e. The van der Waals surface area contributed by atoms with E-state index in [0.29, 0.717) is 18.1 Å². The Kier molecular flexibility index (Phi) is 5.91. The number of aliphatic carboxylic acids is 1. The third-order valence-corrected chi connectivity index (χ3v) is 4.38. The largest absolute Gasteiger partial charge is 0.481 e. The first kappa shape index (κ1) is 19.5. The maximum absolute atomic E-state index is 11.1. The van der Waals surface area contributed by atoms with Crippen molar-refractivity contribution in [2.24, 2.45) is 5.92 Å². The summed E-state index contributed by atoms with van der Waals surface area (Å²) in [7, 11) is 1.92. The fourth-order valence-electron chi connectivity index (χ4n) is 2.65. The predicted molar refractivity (Wildman–Crippen MR) is 101 cm³/mol. The van der Waals surface area contributed by atoms with Crippen molar-refractivity contribution in [1.29, 1.82) is 0 Å². The SMILES string of the molecule is CC(CN(C)Cc1cn(C(C)(C)C)nc1-c1ccccc1Cl)C(=O)O. The molecule has 1 aromatic carbocycles. The van der Waals surface area contributed by atoms with Gasteiger partial charge in [0.2, 0.25) is 0 Å². The molecule has 0 fully saturated rings. The molecule has 1 atom stereocenters. The van der Waals surface area contributed by atoms with E-state index in [1.165, 1.54) is 0 Å². The lowest BCUT2D eigenvalue weighted by molar-refractivity contribution is -0.141. The van der Waals surface area contributed by atoms with Crippen molar-refractivity contribution in [3.8, 4) is 11.3 Å². The zero-order valence-electron chi connectivity index (χ0n) is 15.5. The van der Waals surface area contributed by atoms with Crippen LogP contribution in [0, 0.1) is 5.92 Å². The third kappa shape index (κ3) is 4.83. The Labute approximate surface area is 154 Å². The molecule has 1 heterocycles. The number of nitrogens with zero attached hydrogens (tertiary/aromatic N) is 3. The molecule has 25 heavy (non-hydrogen) atoms. The Bertz CT molecular complexity index is 749. The highest BCUT2D eigenvalue weighted by Crippen LogP contribution is 2.31. The highest BCUT2D eigenvalue weighted by Gasteiger charge is 2.22. The van der Waals surface area contributed by atoms with Gasteiger partial charge in [-0.15, -0.1) is 0 Å². The van der Waals surface area contributed by atoms with Crippen LogP contribution in [-0.2, 0) is 16.9 Å². The van der Waals surface area contributed by atoms with Crippen LogP contribution in [0.4, 0.5) is 0 Å². The van der Waals surface area contributed by atoms with E-state index in [9.17, 15) is 4.79 Å². The van der Waals surface area contributed by atoms with Crippen LogP contribution in [0.25, 0.3) is 11.3 Å². The molecule has 1 N–H and O–H groups in total. The van der Waals surface area contributed by atoms with Crippen LogP contribution in [0.5, 0.6) is 0 Å². The monoisotopic (exact) mass is 363 g/mol. The summed E-state index contributed by atoms with van der Waals surface area (Å²) in [5.41, 5.74) is 2.61. The minimum absolute atomic E-state index is 0.152. The molecule has 0 aliphatic heterocycles. The van der Waals surface area contributed by atoms with Crippen LogP contribution in [0.3, 0.4) is 0 Å². The van der Waals surface area contributed by atoms with Crippen molar-refractivity contribution in [2.45, 2.75) is 39.8 Å². The Hall–Kier alpha value is -1.85. The molecule has 0 amide bonds. The molecule has 2 rings (SSSR count). The van der Waals surface area contributed by atoms with Crippen LogP contribution >= 0.6 is 11.6 Å². The van der Waals surface area contributed by atoms with E-state index in [4.69, 9.17) is 21.8 Å². The summed E-state index contributed by atoms with van der Waals surface area (Å²) in [5, 5.41) is 14.5. The second kappa shape index (κ2) is 7.58. The first-order valence-electron chi connectivity index (χ1n) is 8.35. The summed E-state index contributed by atoms with van der Waals surface area (Å²) in [6.45, 7) is 9.07. The van der Waals surface area contributed by atoms with E-state index < -0.39 is 11.9 Å². The molecular weight excluding hydrogens is 338 g/mol. The van der Waals surface area contributed by atoms with E-state index in [1.807, 2.05) is 47.1 Å². The van der Waals surface area contributed by atoms with Crippen LogP contribution < -0.4 is 0 Å². The summed E-state index contributed by atoms with van der Waals surface area (Å²) in [6, 6.07) is 7.65. The first-order chi connectivity index (χ1) is 11.6. The van der Waals surface area contributed by atoms with E-state index in [1.54, 1.807) is 6.92 Å². The zero-order valence-corrected chi connectivity index (χ0v) is 16.2. The number of carboxylic acid groups (broad SMARTS) is 1. The molecule has 0 aliphatic rings. The Morgan fingerprint density at radius 3 is 2.56 bits per heavy atom. The molecule has 0 bridgehead atoms. The summed E-state index contributed by atoms with van der Waals surface area (Å²) in [4.78, 5) is 13.1. The molecule has 0 spiro atoms. The summed E-state index contributed by atoms with van der Waals surface area (Å²) in [6.07, 6.45) is 2.03. The van der Waals surface area contributed by atoms with Crippen molar-refractivity contribution < 1.29 is 9.90 Å². The molecule has 1 unspecified atom stereocenters. The smallest absolute Gasteiger partial charge is 0.307 e. The van der Waals surface area contributed by atoms with Gasteiger partial charge in [0.05, 0.1) is 22.2 Å². The Morgan fingerprint density at radius 1 is 1.36 bits per heavy atom. The van der Waals surface area contributed by atoms with Crippen molar-refractivity contribution in [3.05, 3.63) is 41.0 Å². The lowest BCUT2D eigenvalue weighted by Gasteiger charge is -2.20. The van der Waals surface area contributed by atoms with Gasteiger partial charge in [0.15, 0.2) is 0 Å². The summed E-state index contributed by atoms with van der Waals surface area (Å²) >= 11 is 6.38. The van der Waals surface area contributed by atoms with E-state index >= 15 is 0 Å². The number of carbonyl (C=O) groups is 1. The van der Waals surface area contributed by atoms with Gasteiger partial charge in [-0.3, -0.25) is 9.48 Å². The quantitative estimate of drug-likeness (QED) is 0.839. The summed E-state index contributed by atoms with van der Waals surface area (Å²) < 4.78 is 1.94. The molecular formula is C19H26ClN3O2. The molecule has 5 nitrogen and oxygen atoms in total. The maximum Gasteiger partial charge on any atom is 0.307 e. The lowest BCUT2D eigenvalue weighted by atomic mass is 10.1. The van der Waals surface area contributed by atoms with E-state index in [0.717, 1.165) is 16.8 Å². The standard InChI is InChI=1S/C19H26ClN3O2/c1-13(18(24)25)10-22(5)11-14-12-23(19(2,3)4)21-17(14)15-8-6-7-9-16(15)20/h6-9,12-13H,10-11H2,1-5H3,(H,24,25). The normalized spacial score (nSPS) is 13.2. The number of carboxylic acids is 1. The van der Waals surface area contributed by atoms with Crippen molar-refractivity contribution in [2.75, 3.05) is 13.6 Å². The van der Waals surface area contributed by atoms with Gasteiger partial charge in [0.25, 0.3) is 0 Å². The molecule has 2 aromatic rings. The van der Waals surface area contributed by atoms with Crippen molar-refractivity contribution in [3.63, 3.8) is 0 Å². The second-order valence-corrected chi connectivity index (χ2v) is 7.94.